The number of carbonyl (C=O) groups excluding carboxylic acids is 2. The Hall–Kier alpha value is -3.02. The fourth-order valence-electron chi connectivity index (χ4n) is 3.23. The normalized spacial score (nSPS) is 13.8. The lowest BCUT2D eigenvalue weighted by Crippen LogP contribution is -2.49. The largest absolute Gasteiger partial charge is 0.454 e. The second-order valence-corrected chi connectivity index (χ2v) is 8.93. The van der Waals surface area contributed by atoms with Gasteiger partial charge in [-0.3, -0.25) is 9.59 Å². The molecule has 0 bridgehead atoms. The van der Waals surface area contributed by atoms with Crippen LogP contribution in [0.25, 0.3) is 0 Å². The molecule has 2 N–H and O–H groups in total. The summed E-state index contributed by atoms with van der Waals surface area (Å²) in [7, 11) is 0. The van der Waals surface area contributed by atoms with Crippen molar-refractivity contribution >= 4 is 11.8 Å². The molecule has 1 aliphatic rings. The molecule has 6 heteroatoms. The van der Waals surface area contributed by atoms with Crippen LogP contribution in [0.15, 0.2) is 42.5 Å². The first-order valence-corrected chi connectivity index (χ1v) is 10.2. The van der Waals surface area contributed by atoms with E-state index < -0.39 is 6.04 Å². The molecule has 2 aromatic carbocycles. The third kappa shape index (κ3) is 5.12. The van der Waals surface area contributed by atoms with Crippen LogP contribution in [0.4, 0.5) is 0 Å². The van der Waals surface area contributed by atoms with Gasteiger partial charge in [0.15, 0.2) is 11.5 Å². The lowest BCUT2D eigenvalue weighted by molar-refractivity contribution is -0.124. The van der Waals surface area contributed by atoms with E-state index in [0.29, 0.717) is 23.6 Å². The quantitative estimate of drug-likeness (QED) is 0.760. The van der Waals surface area contributed by atoms with Gasteiger partial charge in [0, 0.05) is 12.1 Å². The molecule has 160 valence electrons. The highest BCUT2D eigenvalue weighted by atomic mass is 16.7. The lowest BCUT2D eigenvalue weighted by Gasteiger charge is -2.22. The zero-order valence-corrected chi connectivity index (χ0v) is 18.2. The molecule has 2 amide bonds. The molecule has 0 saturated heterocycles. The molecular weight excluding hydrogens is 380 g/mol. The van der Waals surface area contributed by atoms with Crippen LogP contribution < -0.4 is 20.1 Å². The van der Waals surface area contributed by atoms with Crippen molar-refractivity contribution < 1.29 is 19.1 Å². The van der Waals surface area contributed by atoms with Crippen molar-refractivity contribution in [2.45, 2.75) is 52.6 Å². The maximum Gasteiger partial charge on any atom is 0.251 e. The highest BCUT2D eigenvalue weighted by Crippen LogP contribution is 2.32. The minimum absolute atomic E-state index is 0.0179. The first-order valence-electron chi connectivity index (χ1n) is 10.2. The third-order valence-electron chi connectivity index (χ3n) is 5.15. The summed E-state index contributed by atoms with van der Waals surface area (Å²) in [6.45, 7) is 10.8. The molecule has 0 saturated carbocycles. The van der Waals surface area contributed by atoms with Gasteiger partial charge >= 0.3 is 0 Å². The van der Waals surface area contributed by atoms with Crippen molar-refractivity contribution in [1.82, 2.24) is 10.6 Å². The maximum absolute atomic E-state index is 12.8. The summed E-state index contributed by atoms with van der Waals surface area (Å²) >= 11 is 0. The van der Waals surface area contributed by atoms with Gasteiger partial charge in [-0.15, -0.1) is 0 Å². The molecular formula is C24H30N2O4. The molecule has 0 unspecified atom stereocenters. The number of hydrogen-bond acceptors (Lipinski definition) is 4. The molecule has 3 rings (SSSR count). The number of rotatable bonds is 6. The van der Waals surface area contributed by atoms with Gasteiger partial charge in [-0.25, -0.2) is 0 Å². The fourth-order valence-corrected chi connectivity index (χ4v) is 3.23. The minimum atomic E-state index is -0.631. The number of amides is 2. The summed E-state index contributed by atoms with van der Waals surface area (Å²) in [4.78, 5) is 25.5. The molecule has 1 heterocycles. The molecule has 0 spiro atoms. The van der Waals surface area contributed by atoms with E-state index in [4.69, 9.17) is 9.47 Å². The zero-order valence-electron chi connectivity index (χ0n) is 18.2. The van der Waals surface area contributed by atoms with Gasteiger partial charge in [0.2, 0.25) is 12.7 Å². The highest BCUT2D eigenvalue weighted by molar-refractivity contribution is 5.97. The van der Waals surface area contributed by atoms with Crippen molar-refractivity contribution in [2.75, 3.05) is 6.79 Å². The van der Waals surface area contributed by atoms with Crippen LogP contribution >= 0.6 is 0 Å². The average Bonchev–Trinajstić information content (AvgIpc) is 3.17. The molecule has 0 aliphatic carbocycles. The first-order chi connectivity index (χ1) is 14.1. The van der Waals surface area contributed by atoms with Gasteiger partial charge in [-0.2, -0.15) is 0 Å². The molecule has 0 radical (unpaired) electrons. The van der Waals surface area contributed by atoms with Crippen molar-refractivity contribution in [3.8, 4) is 11.5 Å². The Morgan fingerprint density at radius 2 is 1.67 bits per heavy atom. The molecule has 6 nitrogen and oxygen atoms in total. The average molecular weight is 411 g/mol. The smallest absolute Gasteiger partial charge is 0.251 e. The number of ether oxygens (including phenoxy) is 2. The fraction of sp³-hybridized carbons (Fsp3) is 0.417. The standard InChI is InChI=1S/C24H30N2O4/c1-15(2)21(26-22(27)17-7-9-18(10-8-17)24(3,4)5)23(28)25-13-16-6-11-19-20(12-16)30-14-29-19/h6-12,15,21H,13-14H2,1-5H3,(H,25,28)(H,26,27)/t21-/m1/s1. The second-order valence-electron chi connectivity index (χ2n) is 8.93. The van der Waals surface area contributed by atoms with Gasteiger partial charge < -0.3 is 20.1 Å². The Balaban J connectivity index is 1.62. The molecule has 0 aromatic heterocycles. The summed E-state index contributed by atoms with van der Waals surface area (Å²) in [5.41, 5.74) is 2.61. The van der Waals surface area contributed by atoms with E-state index in [1.54, 1.807) is 12.1 Å². The number of carbonyl (C=O) groups is 2. The molecule has 1 atom stereocenters. The lowest BCUT2D eigenvalue weighted by atomic mass is 9.86. The Morgan fingerprint density at radius 3 is 2.30 bits per heavy atom. The zero-order chi connectivity index (χ0) is 21.9. The van der Waals surface area contributed by atoms with E-state index in [1.165, 1.54) is 0 Å². The van der Waals surface area contributed by atoms with Crippen molar-refractivity contribution in [1.29, 1.82) is 0 Å². The van der Waals surface area contributed by atoms with E-state index in [0.717, 1.165) is 11.1 Å². The predicted octanol–water partition coefficient (Wildman–Crippen LogP) is 3.78. The van der Waals surface area contributed by atoms with Crippen LogP contribution in [0.5, 0.6) is 11.5 Å². The number of nitrogens with one attached hydrogen (secondary N) is 2. The van der Waals surface area contributed by atoms with E-state index in [-0.39, 0.29) is 29.9 Å². The van der Waals surface area contributed by atoms with E-state index in [2.05, 4.69) is 31.4 Å². The number of benzene rings is 2. The SMILES string of the molecule is CC(C)[C@@H](NC(=O)c1ccc(C(C)(C)C)cc1)C(=O)NCc1ccc2c(c1)OCO2. The van der Waals surface area contributed by atoms with Crippen LogP contribution in [0.1, 0.15) is 56.1 Å². The molecule has 1 aliphatic heterocycles. The first kappa shape index (κ1) is 21.7. The van der Waals surface area contributed by atoms with Crippen LogP contribution in [0.3, 0.4) is 0 Å². The second kappa shape index (κ2) is 8.78. The summed E-state index contributed by atoms with van der Waals surface area (Å²) in [6.07, 6.45) is 0. The third-order valence-corrected chi connectivity index (χ3v) is 5.15. The summed E-state index contributed by atoms with van der Waals surface area (Å²) in [6, 6.07) is 12.4. The van der Waals surface area contributed by atoms with Gasteiger partial charge in [-0.05, 0) is 46.7 Å². The van der Waals surface area contributed by atoms with Gasteiger partial charge in [-0.1, -0.05) is 52.8 Å². The predicted molar refractivity (Wildman–Crippen MR) is 116 cm³/mol. The summed E-state index contributed by atoms with van der Waals surface area (Å²) in [5, 5.41) is 5.78. The molecule has 0 fully saturated rings. The van der Waals surface area contributed by atoms with Crippen LogP contribution in [0.2, 0.25) is 0 Å². The Bertz CT molecular complexity index is 914. The Labute approximate surface area is 178 Å². The summed E-state index contributed by atoms with van der Waals surface area (Å²) in [5.74, 6) is 0.846. The number of hydrogen-bond donors (Lipinski definition) is 2. The van der Waals surface area contributed by atoms with Crippen molar-refractivity contribution in [3.05, 3.63) is 59.2 Å². The van der Waals surface area contributed by atoms with Gasteiger partial charge in [0.25, 0.3) is 5.91 Å². The highest BCUT2D eigenvalue weighted by Gasteiger charge is 2.25. The maximum atomic E-state index is 12.8. The monoisotopic (exact) mass is 410 g/mol. The van der Waals surface area contributed by atoms with Crippen molar-refractivity contribution in [3.63, 3.8) is 0 Å². The minimum Gasteiger partial charge on any atom is -0.454 e. The Kier molecular flexibility index (Phi) is 6.34. The molecule has 2 aromatic rings. The van der Waals surface area contributed by atoms with Gasteiger partial charge in [0.05, 0.1) is 0 Å². The number of fused-ring (bicyclic) bond motifs is 1. The van der Waals surface area contributed by atoms with Crippen LogP contribution in [-0.4, -0.2) is 24.6 Å². The van der Waals surface area contributed by atoms with Crippen molar-refractivity contribution in [2.24, 2.45) is 5.92 Å². The van der Waals surface area contributed by atoms with Crippen LogP contribution in [0, 0.1) is 5.92 Å². The molecule has 30 heavy (non-hydrogen) atoms. The topological polar surface area (TPSA) is 76.7 Å². The van der Waals surface area contributed by atoms with E-state index >= 15 is 0 Å². The van der Waals surface area contributed by atoms with E-state index in [1.807, 2.05) is 44.2 Å². The Morgan fingerprint density at radius 1 is 1.00 bits per heavy atom. The van der Waals surface area contributed by atoms with Gasteiger partial charge in [0.1, 0.15) is 6.04 Å². The van der Waals surface area contributed by atoms with E-state index in [9.17, 15) is 9.59 Å². The summed E-state index contributed by atoms with van der Waals surface area (Å²) < 4.78 is 10.7. The van der Waals surface area contributed by atoms with Crippen LogP contribution in [-0.2, 0) is 16.8 Å².